The topological polar surface area (TPSA) is 20.3 Å². The number of carbonyl (C=O) groups excluding carboxylic acids is 1. The zero-order chi connectivity index (χ0) is 11.5. The number of benzene rings is 1. The van der Waals surface area contributed by atoms with Gasteiger partial charge < -0.3 is 4.90 Å². The Hall–Kier alpha value is -0.830. The van der Waals surface area contributed by atoms with Gasteiger partial charge in [-0.1, -0.05) is 22.9 Å². The van der Waals surface area contributed by atoms with Crippen LogP contribution in [0.3, 0.4) is 0 Å². The largest absolute Gasteiger partial charge is 0.338 e. The van der Waals surface area contributed by atoms with Crippen molar-refractivity contribution in [1.29, 1.82) is 0 Å². The number of nitrogens with zero attached hydrogens (tertiary/aromatic N) is 1. The lowest BCUT2D eigenvalue weighted by Gasteiger charge is -2.31. The van der Waals surface area contributed by atoms with E-state index in [0.29, 0.717) is 5.92 Å². The lowest BCUT2D eigenvalue weighted by molar-refractivity contribution is 0.0683. The van der Waals surface area contributed by atoms with E-state index in [2.05, 4.69) is 22.9 Å². The van der Waals surface area contributed by atoms with E-state index in [9.17, 15) is 4.79 Å². The minimum Gasteiger partial charge on any atom is -0.338 e. The van der Waals surface area contributed by atoms with Crippen molar-refractivity contribution in [3.8, 4) is 0 Å². The highest BCUT2D eigenvalue weighted by Gasteiger charge is 2.21. The number of piperidine rings is 1. The summed E-state index contributed by atoms with van der Waals surface area (Å²) in [6.45, 7) is 4.01. The van der Waals surface area contributed by atoms with Gasteiger partial charge in [0.05, 0.1) is 0 Å². The summed E-state index contributed by atoms with van der Waals surface area (Å²) >= 11 is 3.38. The first kappa shape index (κ1) is 11.6. The molecule has 0 saturated carbocycles. The van der Waals surface area contributed by atoms with E-state index < -0.39 is 0 Å². The van der Waals surface area contributed by atoms with E-state index in [1.807, 2.05) is 29.2 Å². The molecule has 1 unspecified atom stereocenters. The van der Waals surface area contributed by atoms with Crippen molar-refractivity contribution in [2.45, 2.75) is 19.8 Å². The first-order valence-electron chi connectivity index (χ1n) is 5.71. The second kappa shape index (κ2) is 5.00. The first-order valence-corrected chi connectivity index (χ1v) is 6.51. The molecule has 1 atom stereocenters. The van der Waals surface area contributed by atoms with Crippen LogP contribution in [0.4, 0.5) is 0 Å². The molecular formula is C13H16BrNO. The van der Waals surface area contributed by atoms with E-state index in [1.165, 1.54) is 6.42 Å². The fourth-order valence-corrected chi connectivity index (χ4v) is 2.41. The Bertz CT molecular complexity index is 374. The second-order valence-electron chi connectivity index (χ2n) is 4.51. The molecule has 0 radical (unpaired) electrons. The molecule has 1 aromatic carbocycles. The zero-order valence-corrected chi connectivity index (χ0v) is 11.0. The molecule has 0 spiro atoms. The fourth-order valence-electron chi connectivity index (χ4n) is 2.15. The number of likely N-dealkylation sites (tertiary alicyclic amines) is 1. The van der Waals surface area contributed by atoms with Crippen LogP contribution in [0.15, 0.2) is 28.7 Å². The Balaban J connectivity index is 2.09. The van der Waals surface area contributed by atoms with Gasteiger partial charge in [-0.15, -0.1) is 0 Å². The van der Waals surface area contributed by atoms with Crippen molar-refractivity contribution in [2.75, 3.05) is 13.1 Å². The van der Waals surface area contributed by atoms with Crippen LogP contribution in [0.5, 0.6) is 0 Å². The van der Waals surface area contributed by atoms with Crippen LogP contribution in [-0.4, -0.2) is 23.9 Å². The third-order valence-corrected chi connectivity index (χ3v) is 3.56. The summed E-state index contributed by atoms with van der Waals surface area (Å²) in [6, 6.07) is 7.60. The van der Waals surface area contributed by atoms with Crippen LogP contribution in [0.2, 0.25) is 0 Å². The second-order valence-corrected chi connectivity index (χ2v) is 5.42. The Labute approximate surface area is 105 Å². The van der Waals surface area contributed by atoms with Gasteiger partial charge in [-0.05, 0) is 43.0 Å². The molecule has 16 heavy (non-hydrogen) atoms. The Morgan fingerprint density at radius 3 is 2.69 bits per heavy atom. The quantitative estimate of drug-likeness (QED) is 0.773. The average molecular weight is 282 g/mol. The summed E-state index contributed by atoms with van der Waals surface area (Å²) in [6.07, 6.45) is 2.37. The molecule has 1 aromatic rings. The third kappa shape index (κ3) is 2.64. The van der Waals surface area contributed by atoms with Crippen molar-refractivity contribution in [3.63, 3.8) is 0 Å². The summed E-state index contributed by atoms with van der Waals surface area (Å²) in [5.74, 6) is 0.798. The molecule has 0 N–H and O–H groups in total. The molecular weight excluding hydrogens is 266 g/mol. The zero-order valence-electron chi connectivity index (χ0n) is 9.45. The van der Waals surface area contributed by atoms with Crippen molar-refractivity contribution in [2.24, 2.45) is 5.92 Å². The van der Waals surface area contributed by atoms with E-state index in [4.69, 9.17) is 0 Å². The number of hydrogen-bond acceptors (Lipinski definition) is 1. The summed E-state index contributed by atoms with van der Waals surface area (Å²) in [4.78, 5) is 14.1. The maximum absolute atomic E-state index is 12.2. The van der Waals surface area contributed by atoms with Gasteiger partial charge in [0.25, 0.3) is 5.91 Å². The van der Waals surface area contributed by atoms with E-state index in [-0.39, 0.29) is 5.91 Å². The molecule has 1 saturated heterocycles. The maximum Gasteiger partial charge on any atom is 0.253 e. The Morgan fingerprint density at radius 2 is 2.06 bits per heavy atom. The van der Waals surface area contributed by atoms with Crippen LogP contribution < -0.4 is 0 Å². The molecule has 86 valence electrons. The number of rotatable bonds is 1. The number of hydrogen-bond donors (Lipinski definition) is 0. The maximum atomic E-state index is 12.2. The van der Waals surface area contributed by atoms with Gasteiger partial charge in [0, 0.05) is 23.1 Å². The Kier molecular flexibility index (Phi) is 3.64. The molecule has 2 nitrogen and oxygen atoms in total. The van der Waals surface area contributed by atoms with Gasteiger partial charge in [0.15, 0.2) is 0 Å². The summed E-state index contributed by atoms with van der Waals surface area (Å²) in [5, 5.41) is 0. The van der Waals surface area contributed by atoms with Gasteiger partial charge in [-0.2, -0.15) is 0 Å². The van der Waals surface area contributed by atoms with Crippen molar-refractivity contribution in [1.82, 2.24) is 4.90 Å². The lowest BCUT2D eigenvalue weighted by atomic mass is 9.99. The van der Waals surface area contributed by atoms with Gasteiger partial charge in [0.1, 0.15) is 0 Å². The molecule has 1 fully saturated rings. The van der Waals surface area contributed by atoms with Crippen molar-refractivity contribution < 1.29 is 4.79 Å². The molecule has 1 amide bonds. The van der Waals surface area contributed by atoms with Crippen LogP contribution >= 0.6 is 15.9 Å². The summed E-state index contributed by atoms with van der Waals surface area (Å²) < 4.78 is 1.01. The predicted molar refractivity (Wildman–Crippen MR) is 68.4 cm³/mol. The van der Waals surface area contributed by atoms with E-state index in [0.717, 1.165) is 29.5 Å². The van der Waals surface area contributed by atoms with E-state index >= 15 is 0 Å². The van der Waals surface area contributed by atoms with Crippen molar-refractivity contribution in [3.05, 3.63) is 34.3 Å². The summed E-state index contributed by atoms with van der Waals surface area (Å²) in [5.41, 5.74) is 0.789. The number of carbonyl (C=O) groups is 1. The van der Waals surface area contributed by atoms with Gasteiger partial charge in [0.2, 0.25) is 0 Å². The van der Waals surface area contributed by atoms with Gasteiger partial charge in [-0.3, -0.25) is 4.79 Å². The van der Waals surface area contributed by atoms with Crippen molar-refractivity contribution >= 4 is 21.8 Å². The van der Waals surface area contributed by atoms with Gasteiger partial charge in [-0.25, -0.2) is 0 Å². The van der Waals surface area contributed by atoms with Crippen LogP contribution in [-0.2, 0) is 0 Å². The molecule has 0 bridgehead atoms. The van der Waals surface area contributed by atoms with Gasteiger partial charge >= 0.3 is 0 Å². The van der Waals surface area contributed by atoms with Crippen LogP contribution in [0.25, 0.3) is 0 Å². The highest BCUT2D eigenvalue weighted by atomic mass is 79.9. The highest BCUT2D eigenvalue weighted by molar-refractivity contribution is 9.10. The molecule has 1 aliphatic heterocycles. The first-order chi connectivity index (χ1) is 7.66. The predicted octanol–water partition coefficient (Wildman–Crippen LogP) is 3.32. The summed E-state index contributed by atoms with van der Waals surface area (Å²) in [7, 11) is 0. The molecule has 1 heterocycles. The SMILES string of the molecule is CC1CCCN(C(=O)c2ccc(Br)cc2)C1. The molecule has 0 aliphatic carbocycles. The molecule has 3 heteroatoms. The van der Waals surface area contributed by atoms with Crippen LogP contribution in [0.1, 0.15) is 30.1 Å². The van der Waals surface area contributed by atoms with E-state index in [1.54, 1.807) is 0 Å². The van der Waals surface area contributed by atoms with Crippen LogP contribution in [0, 0.1) is 5.92 Å². The normalized spacial score (nSPS) is 20.9. The monoisotopic (exact) mass is 281 g/mol. The number of halogens is 1. The average Bonchev–Trinajstić information content (AvgIpc) is 2.29. The fraction of sp³-hybridized carbons (Fsp3) is 0.462. The minimum atomic E-state index is 0.166. The molecule has 2 rings (SSSR count). The standard InChI is InChI=1S/C13H16BrNO/c1-10-3-2-8-15(9-10)13(16)11-4-6-12(14)7-5-11/h4-7,10H,2-3,8-9H2,1H3. The minimum absolute atomic E-state index is 0.166. The molecule has 0 aromatic heterocycles. The number of amides is 1. The smallest absolute Gasteiger partial charge is 0.253 e. The Morgan fingerprint density at radius 1 is 1.38 bits per heavy atom. The lowest BCUT2D eigenvalue weighted by Crippen LogP contribution is -2.39. The highest BCUT2D eigenvalue weighted by Crippen LogP contribution is 2.18. The third-order valence-electron chi connectivity index (χ3n) is 3.04. The molecule has 1 aliphatic rings.